The van der Waals surface area contributed by atoms with E-state index in [1.807, 2.05) is 12.1 Å². The molecule has 1 aromatic rings. The van der Waals surface area contributed by atoms with E-state index in [1.165, 1.54) is 5.56 Å². The van der Waals surface area contributed by atoms with Gasteiger partial charge in [0.15, 0.2) is 0 Å². The molecular formula is C13H19BrO. The van der Waals surface area contributed by atoms with E-state index >= 15 is 0 Å². The summed E-state index contributed by atoms with van der Waals surface area (Å²) in [5, 5.41) is 0. The Morgan fingerprint density at radius 1 is 1.20 bits per heavy atom. The van der Waals surface area contributed by atoms with Gasteiger partial charge in [-0.1, -0.05) is 26.0 Å². The fourth-order valence-electron chi connectivity index (χ4n) is 1.38. The van der Waals surface area contributed by atoms with E-state index in [0.29, 0.717) is 5.92 Å². The normalized spacial score (nSPS) is 11.9. The Balaban J connectivity index is 3.05. The maximum atomic E-state index is 5.88. The molecule has 0 amide bonds. The molecule has 0 aliphatic heterocycles. The Kier molecular flexibility index (Phi) is 3.82. The topological polar surface area (TPSA) is 9.23 Å². The van der Waals surface area contributed by atoms with Crippen LogP contribution in [0.5, 0.6) is 5.75 Å². The summed E-state index contributed by atoms with van der Waals surface area (Å²) in [6.07, 6.45) is 0. The minimum Gasteiger partial charge on any atom is -0.487 e. The molecule has 1 nitrogen and oxygen atoms in total. The average Bonchev–Trinajstić information content (AvgIpc) is 2.05. The molecular weight excluding hydrogens is 252 g/mol. The van der Waals surface area contributed by atoms with Crippen LogP contribution < -0.4 is 4.74 Å². The molecule has 0 saturated heterocycles. The van der Waals surface area contributed by atoms with Crippen molar-refractivity contribution in [2.75, 3.05) is 0 Å². The minimum absolute atomic E-state index is 0.155. The van der Waals surface area contributed by atoms with Crippen molar-refractivity contribution in [2.45, 2.75) is 46.1 Å². The number of halogens is 1. The molecule has 0 radical (unpaired) electrons. The predicted molar refractivity (Wildman–Crippen MR) is 68.6 cm³/mol. The van der Waals surface area contributed by atoms with Gasteiger partial charge in [0.1, 0.15) is 11.4 Å². The highest BCUT2D eigenvalue weighted by atomic mass is 79.9. The van der Waals surface area contributed by atoms with Gasteiger partial charge >= 0.3 is 0 Å². The lowest BCUT2D eigenvalue weighted by molar-refractivity contribution is 0.129. The molecule has 0 fully saturated rings. The van der Waals surface area contributed by atoms with Gasteiger partial charge in [-0.2, -0.15) is 0 Å². The maximum absolute atomic E-state index is 5.88. The van der Waals surface area contributed by atoms with E-state index in [4.69, 9.17) is 4.74 Å². The van der Waals surface area contributed by atoms with Crippen molar-refractivity contribution in [1.82, 2.24) is 0 Å². The molecule has 84 valence electrons. The van der Waals surface area contributed by atoms with Crippen LogP contribution >= 0.6 is 15.9 Å². The molecule has 1 rings (SSSR count). The zero-order valence-corrected chi connectivity index (χ0v) is 11.7. The Labute approximate surface area is 101 Å². The molecule has 0 saturated carbocycles. The first-order valence-corrected chi connectivity index (χ1v) is 6.08. The van der Waals surface area contributed by atoms with Crippen molar-refractivity contribution in [3.8, 4) is 5.75 Å². The van der Waals surface area contributed by atoms with Crippen LogP contribution in [0, 0.1) is 0 Å². The molecule has 0 aliphatic carbocycles. The van der Waals surface area contributed by atoms with Gasteiger partial charge in [-0.25, -0.2) is 0 Å². The minimum atomic E-state index is -0.155. The largest absolute Gasteiger partial charge is 0.487 e. The van der Waals surface area contributed by atoms with E-state index in [0.717, 1.165) is 10.2 Å². The lowest BCUT2D eigenvalue weighted by Gasteiger charge is -2.23. The quantitative estimate of drug-likeness (QED) is 0.754. The number of benzene rings is 1. The molecule has 0 unspecified atom stereocenters. The molecule has 0 aromatic heterocycles. The Bertz CT molecular complexity index is 337. The summed E-state index contributed by atoms with van der Waals surface area (Å²) in [4.78, 5) is 0. The van der Waals surface area contributed by atoms with E-state index in [9.17, 15) is 0 Å². The van der Waals surface area contributed by atoms with Crippen LogP contribution in [0.4, 0.5) is 0 Å². The Morgan fingerprint density at radius 3 is 2.27 bits per heavy atom. The summed E-state index contributed by atoms with van der Waals surface area (Å²) in [6, 6.07) is 6.17. The third-order valence-corrected chi connectivity index (χ3v) is 2.88. The lowest BCUT2D eigenvalue weighted by Crippen LogP contribution is -2.23. The van der Waals surface area contributed by atoms with Crippen LogP contribution in [-0.2, 0) is 0 Å². The van der Waals surface area contributed by atoms with Crippen LogP contribution in [0.2, 0.25) is 0 Å². The van der Waals surface area contributed by atoms with Crippen LogP contribution in [-0.4, -0.2) is 5.60 Å². The standard InChI is InChI=1S/C13H19BrO/c1-9(2)10-7-6-8-11(12(10)14)15-13(3,4)5/h6-9H,1-5H3. The Hall–Kier alpha value is -0.500. The summed E-state index contributed by atoms with van der Waals surface area (Å²) in [7, 11) is 0. The molecule has 1 aromatic carbocycles. The summed E-state index contributed by atoms with van der Waals surface area (Å²) in [5.74, 6) is 1.43. The zero-order chi connectivity index (χ0) is 11.6. The van der Waals surface area contributed by atoms with Gasteiger partial charge in [0.25, 0.3) is 0 Å². The number of ether oxygens (including phenoxy) is 1. The monoisotopic (exact) mass is 270 g/mol. The second kappa shape index (κ2) is 4.56. The summed E-state index contributed by atoms with van der Waals surface area (Å²) < 4.78 is 6.96. The average molecular weight is 271 g/mol. The third-order valence-electron chi connectivity index (χ3n) is 2.03. The highest BCUT2D eigenvalue weighted by Crippen LogP contribution is 2.34. The maximum Gasteiger partial charge on any atom is 0.134 e. The van der Waals surface area contributed by atoms with Gasteiger partial charge in [0.2, 0.25) is 0 Å². The van der Waals surface area contributed by atoms with Crippen LogP contribution in [0.25, 0.3) is 0 Å². The van der Waals surface area contributed by atoms with Gasteiger partial charge in [-0.3, -0.25) is 0 Å². The summed E-state index contributed by atoms with van der Waals surface area (Å²) in [5.41, 5.74) is 1.13. The fraction of sp³-hybridized carbons (Fsp3) is 0.538. The SMILES string of the molecule is CC(C)c1cccc(OC(C)(C)C)c1Br. The van der Waals surface area contributed by atoms with E-state index < -0.39 is 0 Å². The van der Waals surface area contributed by atoms with Crippen LogP contribution in [0.1, 0.15) is 46.1 Å². The van der Waals surface area contributed by atoms with Gasteiger partial charge in [-0.15, -0.1) is 0 Å². The van der Waals surface area contributed by atoms with Crippen molar-refractivity contribution in [1.29, 1.82) is 0 Å². The molecule has 0 aliphatic rings. The van der Waals surface area contributed by atoms with Crippen LogP contribution in [0.3, 0.4) is 0 Å². The van der Waals surface area contributed by atoms with Crippen molar-refractivity contribution in [3.05, 3.63) is 28.2 Å². The third kappa shape index (κ3) is 3.53. The highest BCUT2D eigenvalue weighted by Gasteiger charge is 2.16. The smallest absolute Gasteiger partial charge is 0.134 e. The van der Waals surface area contributed by atoms with E-state index in [1.54, 1.807) is 0 Å². The summed E-state index contributed by atoms with van der Waals surface area (Å²) >= 11 is 3.61. The van der Waals surface area contributed by atoms with Crippen molar-refractivity contribution >= 4 is 15.9 Å². The predicted octanol–water partition coefficient (Wildman–Crippen LogP) is 4.75. The number of hydrogen-bond donors (Lipinski definition) is 0. The second-order valence-electron chi connectivity index (χ2n) is 5.03. The molecule has 0 N–H and O–H groups in total. The molecule has 15 heavy (non-hydrogen) atoms. The molecule has 2 heteroatoms. The Morgan fingerprint density at radius 2 is 1.80 bits per heavy atom. The van der Waals surface area contributed by atoms with Gasteiger partial charge in [0.05, 0.1) is 4.47 Å². The molecule has 0 bridgehead atoms. The molecule has 0 atom stereocenters. The highest BCUT2D eigenvalue weighted by molar-refractivity contribution is 9.10. The fourth-order valence-corrected chi connectivity index (χ4v) is 2.19. The van der Waals surface area contributed by atoms with Crippen molar-refractivity contribution < 1.29 is 4.74 Å². The van der Waals surface area contributed by atoms with Gasteiger partial charge in [0, 0.05) is 0 Å². The van der Waals surface area contributed by atoms with Crippen molar-refractivity contribution in [3.63, 3.8) is 0 Å². The van der Waals surface area contributed by atoms with E-state index in [-0.39, 0.29) is 5.60 Å². The first-order chi connectivity index (χ1) is 6.81. The number of hydrogen-bond acceptors (Lipinski definition) is 1. The summed E-state index contributed by atoms with van der Waals surface area (Å²) in [6.45, 7) is 10.5. The van der Waals surface area contributed by atoms with Gasteiger partial charge in [-0.05, 0) is 54.2 Å². The molecule has 0 heterocycles. The lowest BCUT2D eigenvalue weighted by atomic mass is 10.0. The first kappa shape index (κ1) is 12.6. The molecule has 0 spiro atoms. The van der Waals surface area contributed by atoms with E-state index in [2.05, 4.69) is 56.6 Å². The zero-order valence-electron chi connectivity index (χ0n) is 10.1. The van der Waals surface area contributed by atoms with Gasteiger partial charge < -0.3 is 4.74 Å². The first-order valence-electron chi connectivity index (χ1n) is 5.28. The van der Waals surface area contributed by atoms with Crippen molar-refractivity contribution in [2.24, 2.45) is 0 Å². The second-order valence-corrected chi connectivity index (χ2v) is 5.82. The number of rotatable bonds is 2. The van der Waals surface area contributed by atoms with Crippen LogP contribution in [0.15, 0.2) is 22.7 Å².